The molecule has 0 radical (unpaired) electrons. The van der Waals surface area contributed by atoms with Gasteiger partial charge in [0.25, 0.3) is 5.78 Å². The molecule has 7 nitrogen and oxygen atoms in total. The number of rotatable bonds is 3. The van der Waals surface area contributed by atoms with Crippen molar-refractivity contribution in [1.82, 2.24) is 5.32 Å². The highest BCUT2D eigenvalue weighted by Crippen LogP contribution is 2.39. The Bertz CT molecular complexity index is 747. The molecule has 0 spiro atoms. The molecule has 1 aliphatic rings. The van der Waals surface area contributed by atoms with E-state index in [0.29, 0.717) is 0 Å². The highest BCUT2D eigenvalue weighted by Gasteiger charge is 2.50. The van der Waals surface area contributed by atoms with Crippen LogP contribution in [0.2, 0.25) is 5.02 Å². The van der Waals surface area contributed by atoms with Crippen LogP contribution in [0.4, 0.5) is 9.18 Å². The van der Waals surface area contributed by atoms with Crippen LogP contribution < -0.4 is 5.32 Å². The normalized spacial score (nSPS) is 20.3. The van der Waals surface area contributed by atoms with Gasteiger partial charge in [-0.05, 0) is 19.1 Å². The van der Waals surface area contributed by atoms with Gasteiger partial charge in [0.1, 0.15) is 5.82 Å². The third-order valence-electron chi connectivity index (χ3n) is 3.09. The smallest absolute Gasteiger partial charge is 0.411 e. The Labute approximate surface area is 134 Å². The van der Waals surface area contributed by atoms with Crippen molar-refractivity contribution in [2.75, 3.05) is 0 Å². The monoisotopic (exact) mass is 343 g/mol. The van der Waals surface area contributed by atoms with E-state index in [1.807, 2.05) is 5.32 Å². The van der Waals surface area contributed by atoms with Gasteiger partial charge >= 0.3 is 12.1 Å². The molecule has 1 aliphatic heterocycles. The molecular formula is C14H11ClFNO6. The molecule has 0 saturated carbocycles. The lowest BCUT2D eigenvalue weighted by Crippen LogP contribution is -2.32. The Morgan fingerprint density at radius 2 is 2.09 bits per heavy atom. The lowest BCUT2D eigenvalue weighted by molar-refractivity contribution is -0.142. The van der Waals surface area contributed by atoms with E-state index in [1.165, 1.54) is 19.1 Å². The van der Waals surface area contributed by atoms with Crippen molar-refractivity contribution in [3.63, 3.8) is 0 Å². The number of hydrogen-bond donors (Lipinski definition) is 2. The number of Topliss-reactive ketones (excluding diaryl/α,β-unsaturated/α-hetero) is 1. The number of esters is 1. The Morgan fingerprint density at radius 1 is 1.43 bits per heavy atom. The van der Waals surface area contributed by atoms with E-state index in [-0.39, 0.29) is 10.6 Å². The topological polar surface area (TPSA) is 102 Å². The molecule has 2 rings (SSSR count). The molecule has 0 aromatic heterocycles. The van der Waals surface area contributed by atoms with Gasteiger partial charge in [-0.2, -0.15) is 0 Å². The first-order valence-electron chi connectivity index (χ1n) is 6.27. The SMILES string of the molecule is CC(=O)OC1=C(NC(=O)O)OC(C)(c2ccc(F)c(Cl)c2)C1=O. The van der Waals surface area contributed by atoms with Gasteiger partial charge in [-0.3, -0.25) is 14.9 Å². The molecule has 9 heteroatoms. The maximum absolute atomic E-state index is 13.3. The molecule has 0 saturated heterocycles. The zero-order valence-corrected chi connectivity index (χ0v) is 12.7. The summed E-state index contributed by atoms with van der Waals surface area (Å²) in [6, 6.07) is 3.46. The molecular weight excluding hydrogens is 333 g/mol. The van der Waals surface area contributed by atoms with Gasteiger partial charge in [-0.15, -0.1) is 0 Å². The first kappa shape index (κ1) is 16.8. The third kappa shape index (κ3) is 3.11. The lowest BCUT2D eigenvalue weighted by Gasteiger charge is -2.23. The van der Waals surface area contributed by atoms with Gasteiger partial charge in [0, 0.05) is 12.5 Å². The van der Waals surface area contributed by atoms with Crippen LogP contribution in [-0.2, 0) is 24.7 Å². The zero-order valence-electron chi connectivity index (χ0n) is 12.0. The number of amides is 1. The maximum atomic E-state index is 13.3. The lowest BCUT2D eigenvalue weighted by atomic mass is 9.91. The van der Waals surface area contributed by atoms with Crippen LogP contribution in [0.1, 0.15) is 19.4 Å². The average molecular weight is 344 g/mol. The Balaban J connectivity index is 2.46. The number of ketones is 1. The number of carboxylic acid groups (broad SMARTS) is 1. The summed E-state index contributed by atoms with van der Waals surface area (Å²) < 4.78 is 23.4. The number of benzene rings is 1. The van der Waals surface area contributed by atoms with E-state index in [4.69, 9.17) is 26.2 Å². The number of carbonyl (C=O) groups excluding carboxylic acids is 2. The number of halogens is 2. The summed E-state index contributed by atoms with van der Waals surface area (Å²) in [5.41, 5.74) is -1.55. The largest absolute Gasteiger partial charge is 0.465 e. The molecule has 1 aromatic rings. The molecule has 122 valence electrons. The molecule has 0 fully saturated rings. The van der Waals surface area contributed by atoms with E-state index in [9.17, 15) is 18.8 Å². The van der Waals surface area contributed by atoms with E-state index in [2.05, 4.69) is 0 Å². The number of nitrogens with one attached hydrogen (secondary N) is 1. The minimum Gasteiger partial charge on any atom is -0.465 e. The second-order valence-electron chi connectivity index (χ2n) is 4.78. The van der Waals surface area contributed by atoms with Crippen LogP contribution in [-0.4, -0.2) is 23.0 Å². The first-order chi connectivity index (χ1) is 10.6. The third-order valence-corrected chi connectivity index (χ3v) is 3.38. The fourth-order valence-corrected chi connectivity index (χ4v) is 2.20. The zero-order chi connectivity index (χ0) is 17.4. The van der Waals surface area contributed by atoms with Crippen LogP contribution in [0.5, 0.6) is 0 Å². The fraction of sp³-hybridized carbons (Fsp3) is 0.214. The van der Waals surface area contributed by atoms with E-state index >= 15 is 0 Å². The van der Waals surface area contributed by atoms with Crippen molar-refractivity contribution in [2.45, 2.75) is 19.4 Å². The van der Waals surface area contributed by atoms with Crippen LogP contribution in [0.25, 0.3) is 0 Å². The van der Waals surface area contributed by atoms with Gasteiger partial charge < -0.3 is 14.6 Å². The van der Waals surface area contributed by atoms with E-state index in [1.54, 1.807) is 0 Å². The number of carbonyl (C=O) groups is 3. The minimum absolute atomic E-state index is 0.167. The Morgan fingerprint density at radius 3 is 2.61 bits per heavy atom. The molecule has 1 amide bonds. The van der Waals surface area contributed by atoms with Gasteiger partial charge in [-0.25, -0.2) is 9.18 Å². The summed E-state index contributed by atoms with van der Waals surface area (Å²) in [6.45, 7) is 2.36. The van der Waals surface area contributed by atoms with Gasteiger partial charge in [0.15, 0.2) is 5.60 Å². The van der Waals surface area contributed by atoms with Crippen molar-refractivity contribution in [3.05, 3.63) is 46.2 Å². The molecule has 1 unspecified atom stereocenters. The molecule has 1 heterocycles. The highest BCUT2D eigenvalue weighted by atomic mass is 35.5. The second-order valence-corrected chi connectivity index (χ2v) is 5.18. The quantitative estimate of drug-likeness (QED) is 0.816. The van der Waals surface area contributed by atoms with E-state index in [0.717, 1.165) is 13.0 Å². The minimum atomic E-state index is -1.72. The van der Waals surface area contributed by atoms with Crippen molar-refractivity contribution in [2.24, 2.45) is 0 Å². The predicted molar refractivity (Wildman–Crippen MR) is 74.8 cm³/mol. The summed E-state index contributed by atoms with van der Waals surface area (Å²) in [6.07, 6.45) is -1.51. The molecule has 1 aromatic carbocycles. The standard InChI is InChI=1S/C14H11ClFNO6/c1-6(18)22-10-11(19)14(2,23-12(10)17-13(20)21)7-3-4-9(16)8(15)5-7/h3-5,17H,1-2H3,(H,20,21). The van der Waals surface area contributed by atoms with Crippen molar-refractivity contribution < 1.29 is 33.4 Å². The number of ether oxygens (including phenoxy) is 2. The summed E-state index contributed by atoms with van der Waals surface area (Å²) in [5.74, 6) is -3.44. The fourth-order valence-electron chi connectivity index (χ4n) is 2.02. The summed E-state index contributed by atoms with van der Waals surface area (Å²) in [4.78, 5) is 34.4. The van der Waals surface area contributed by atoms with Crippen LogP contribution in [0.3, 0.4) is 0 Å². The Kier molecular flexibility index (Phi) is 4.28. The van der Waals surface area contributed by atoms with E-state index < -0.39 is 40.9 Å². The maximum Gasteiger partial charge on any atom is 0.411 e. The second kappa shape index (κ2) is 5.88. The summed E-state index contributed by atoms with van der Waals surface area (Å²) in [7, 11) is 0. The van der Waals surface area contributed by atoms with Crippen LogP contribution in [0.15, 0.2) is 29.8 Å². The van der Waals surface area contributed by atoms with Crippen LogP contribution in [0, 0.1) is 5.82 Å². The van der Waals surface area contributed by atoms with Crippen molar-refractivity contribution in [1.29, 1.82) is 0 Å². The van der Waals surface area contributed by atoms with Gasteiger partial charge in [0.05, 0.1) is 5.02 Å². The van der Waals surface area contributed by atoms with Crippen molar-refractivity contribution in [3.8, 4) is 0 Å². The molecule has 2 N–H and O–H groups in total. The van der Waals surface area contributed by atoms with Gasteiger partial charge in [-0.1, -0.05) is 17.7 Å². The first-order valence-corrected chi connectivity index (χ1v) is 6.65. The Hall–Kier alpha value is -2.61. The van der Waals surface area contributed by atoms with Crippen LogP contribution >= 0.6 is 11.6 Å². The predicted octanol–water partition coefficient (Wildman–Crippen LogP) is 2.29. The van der Waals surface area contributed by atoms with Crippen molar-refractivity contribution >= 4 is 29.4 Å². The molecule has 23 heavy (non-hydrogen) atoms. The molecule has 1 atom stereocenters. The molecule has 0 aliphatic carbocycles. The number of hydrogen-bond acceptors (Lipinski definition) is 5. The molecule has 0 bridgehead atoms. The highest BCUT2D eigenvalue weighted by molar-refractivity contribution is 6.30. The van der Waals surface area contributed by atoms with Gasteiger partial charge in [0.2, 0.25) is 11.6 Å². The summed E-state index contributed by atoms with van der Waals surface area (Å²) in [5, 5.41) is 10.4. The average Bonchev–Trinajstić information content (AvgIpc) is 2.66. The summed E-state index contributed by atoms with van der Waals surface area (Å²) >= 11 is 5.69.